The van der Waals surface area contributed by atoms with Crippen LogP contribution in [0.5, 0.6) is 0 Å². The normalized spacial score (nSPS) is 13.7. The SMILES string of the molecule is COn1c(C(F)(F)C(F)(F)C(F)(F)F)nc2ncc(Br)cc21. The number of halogens is 8. The molecule has 4 nitrogen and oxygen atoms in total. The van der Waals surface area contributed by atoms with Gasteiger partial charge in [-0.1, -0.05) is 0 Å². The monoisotopic (exact) mass is 395 g/mol. The van der Waals surface area contributed by atoms with E-state index in [1.807, 2.05) is 0 Å². The first-order chi connectivity index (χ1) is 9.93. The third-order valence-electron chi connectivity index (χ3n) is 2.65. The first-order valence-corrected chi connectivity index (χ1v) is 6.14. The molecule has 0 aliphatic heterocycles. The quantitative estimate of drug-likeness (QED) is 0.746. The van der Waals surface area contributed by atoms with Gasteiger partial charge in [0.15, 0.2) is 5.65 Å². The highest BCUT2D eigenvalue weighted by Crippen LogP contribution is 2.51. The van der Waals surface area contributed by atoms with Crippen molar-refractivity contribution >= 4 is 27.1 Å². The second-order valence-electron chi connectivity index (χ2n) is 4.06. The van der Waals surface area contributed by atoms with Crippen LogP contribution < -0.4 is 4.84 Å². The van der Waals surface area contributed by atoms with E-state index in [0.29, 0.717) is 0 Å². The standard InChI is InChI=1S/C10H5BrF7N3O/c1-22-21-5-2-4(11)3-19-6(5)20-7(21)8(12,13)9(14,15)10(16,17)18/h2-3H,1H3. The number of imidazole rings is 1. The number of alkyl halides is 7. The zero-order valence-corrected chi connectivity index (χ0v) is 12.0. The molecule has 0 fully saturated rings. The van der Waals surface area contributed by atoms with E-state index in [2.05, 4.69) is 30.7 Å². The average Bonchev–Trinajstić information content (AvgIpc) is 2.75. The Morgan fingerprint density at radius 3 is 2.23 bits per heavy atom. The highest BCUT2D eigenvalue weighted by atomic mass is 79.9. The fourth-order valence-electron chi connectivity index (χ4n) is 1.62. The van der Waals surface area contributed by atoms with Crippen LogP contribution in [-0.4, -0.2) is 33.9 Å². The van der Waals surface area contributed by atoms with Crippen LogP contribution in [0.2, 0.25) is 0 Å². The lowest BCUT2D eigenvalue weighted by Crippen LogP contribution is -2.51. The lowest BCUT2D eigenvalue weighted by Gasteiger charge is -2.27. The largest absolute Gasteiger partial charge is 0.460 e. The molecule has 22 heavy (non-hydrogen) atoms. The summed E-state index contributed by atoms with van der Waals surface area (Å²) in [7, 11) is 0.813. The molecule has 2 aromatic rings. The van der Waals surface area contributed by atoms with Gasteiger partial charge in [0, 0.05) is 10.7 Å². The molecule has 2 rings (SSSR count). The van der Waals surface area contributed by atoms with Crippen molar-refractivity contribution in [3.63, 3.8) is 0 Å². The van der Waals surface area contributed by atoms with Crippen molar-refractivity contribution in [2.75, 3.05) is 7.11 Å². The first-order valence-electron chi connectivity index (χ1n) is 5.34. The average molecular weight is 396 g/mol. The van der Waals surface area contributed by atoms with E-state index in [-0.39, 0.29) is 14.7 Å². The van der Waals surface area contributed by atoms with Crippen LogP contribution in [0.1, 0.15) is 5.82 Å². The van der Waals surface area contributed by atoms with Crippen molar-refractivity contribution in [1.29, 1.82) is 0 Å². The van der Waals surface area contributed by atoms with E-state index in [1.165, 1.54) is 0 Å². The first kappa shape index (κ1) is 16.8. The van der Waals surface area contributed by atoms with E-state index >= 15 is 0 Å². The van der Waals surface area contributed by atoms with Gasteiger partial charge in [-0.2, -0.15) is 35.5 Å². The maximum atomic E-state index is 13.7. The fraction of sp³-hybridized carbons (Fsp3) is 0.400. The molecule has 2 aromatic heterocycles. The number of aromatic nitrogens is 3. The van der Waals surface area contributed by atoms with Gasteiger partial charge >= 0.3 is 18.0 Å². The van der Waals surface area contributed by atoms with Crippen molar-refractivity contribution in [2.45, 2.75) is 18.0 Å². The maximum absolute atomic E-state index is 13.7. The summed E-state index contributed by atoms with van der Waals surface area (Å²) in [6, 6.07) is 1.13. The van der Waals surface area contributed by atoms with Crippen LogP contribution in [0.25, 0.3) is 11.2 Å². The van der Waals surface area contributed by atoms with Crippen LogP contribution >= 0.6 is 15.9 Å². The van der Waals surface area contributed by atoms with Gasteiger partial charge in [-0.3, -0.25) is 0 Å². The Kier molecular flexibility index (Phi) is 3.78. The Balaban J connectivity index is 2.73. The molecule has 0 aliphatic rings. The summed E-state index contributed by atoms with van der Waals surface area (Å²) in [5.74, 6) is -13.9. The van der Waals surface area contributed by atoms with Crippen molar-refractivity contribution in [1.82, 2.24) is 14.7 Å². The van der Waals surface area contributed by atoms with E-state index in [9.17, 15) is 30.7 Å². The topological polar surface area (TPSA) is 39.9 Å². The molecular weight excluding hydrogens is 391 g/mol. The Bertz CT molecular complexity index is 712. The number of hydrogen-bond donors (Lipinski definition) is 0. The highest BCUT2D eigenvalue weighted by molar-refractivity contribution is 9.10. The van der Waals surface area contributed by atoms with Gasteiger partial charge in [0.25, 0.3) is 0 Å². The highest BCUT2D eigenvalue weighted by Gasteiger charge is 2.75. The predicted octanol–water partition coefficient (Wildman–Crippen LogP) is 3.54. The van der Waals surface area contributed by atoms with E-state index < -0.39 is 29.5 Å². The van der Waals surface area contributed by atoms with Gasteiger partial charge in [-0.05, 0) is 22.0 Å². The van der Waals surface area contributed by atoms with Crippen molar-refractivity contribution in [2.24, 2.45) is 0 Å². The Morgan fingerprint density at radius 1 is 1.14 bits per heavy atom. The van der Waals surface area contributed by atoms with Gasteiger partial charge in [-0.15, -0.1) is 0 Å². The molecule has 0 unspecified atom stereocenters. The Morgan fingerprint density at radius 2 is 1.73 bits per heavy atom. The van der Waals surface area contributed by atoms with E-state index in [1.54, 1.807) is 0 Å². The third kappa shape index (κ3) is 2.29. The molecule has 2 heterocycles. The molecule has 0 N–H and O–H groups in total. The lowest BCUT2D eigenvalue weighted by molar-refractivity contribution is -0.362. The molecule has 0 aromatic carbocycles. The molecule has 0 atom stereocenters. The second kappa shape index (κ2) is 4.96. The van der Waals surface area contributed by atoms with Gasteiger partial charge in [0.1, 0.15) is 12.6 Å². The fourth-order valence-corrected chi connectivity index (χ4v) is 1.94. The second-order valence-corrected chi connectivity index (χ2v) is 4.97. The van der Waals surface area contributed by atoms with Crippen molar-refractivity contribution in [3.05, 3.63) is 22.6 Å². The zero-order chi connectivity index (χ0) is 16.9. The minimum Gasteiger partial charge on any atom is -0.415 e. The molecule has 12 heteroatoms. The van der Waals surface area contributed by atoms with Crippen molar-refractivity contribution < 1.29 is 35.6 Å². The Labute approximate surface area is 126 Å². The molecule has 0 spiro atoms. The van der Waals surface area contributed by atoms with Gasteiger partial charge < -0.3 is 4.84 Å². The predicted molar refractivity (Wildman–Crippen MR) is 62.6 cm³/mol. The van der Waals surface area contributed by atoms with E-state index in [4.69, 9.17) is 0 Å². The molecular formula is C10H5BrF7N3O. The summed E-state index contributed by atoms with van der Waals surface area (Å²) in [5, 5.41) is 0. The summed E-state index contributed by atoms with van der Waals surface area (Å²) in [6.45, 7) is 0. The number of fused-ring (bicyclic) bond motifs is 1. The minimum atomic E-state index is -6.47. The third-order valence-corrected chi connectivity index (χ3v) is 3.08. The smallest absolute Gasteiger partial charge is 0.415 e. The zero-order valence-electron chi connectivity index (χ0n) is 10.4. The maximum Gasteiger partial charge on any atom is 0.460 e. The van der Waals surface area contributed by atoms with E-state index in [0.717, 1.165) is 19.4 Å². The molecule has 0 aliphatic carbocycles. The lowest BCUT2D eigenvalue weighted by atomic mass is 10.1. The summed E-state index contributed by atoms with van der Waals surface area (Å²) in [5.41, 5.74) is -0.776. The molecule has 0 saturated carbocycles. The minimum absolute atomic E-state index is 0.0761. The molecule has 122 valence electrons. The van der Waals surface area contributed by atoms with Gasteiger partial charge in [0.2, 0.25) is 5.82 Å². The van der Waals surface area contributed by atoms with Crippen LogP contribution in [0, 0.1) is 0 Å². The van der Waals surface area contributed by atoms with Crippen LogP contribution in [0.4, 0.5) is 30.7 Å². The number of rotatable bonds is 3. The summed E-state index contributed by atoms with van der Waals surface area (Å²) < 4.78 is 90.7. The number of nitrogens with zero attached hydrogens (tertiary/aromatic N) is 3. The molecule has 0 amide bonds. The van der Waals surface area contributed by atoms with Gasteiger partial charge in [-0.25, -0.2) is 9.97 Å². The molecule has 0 saturated heterocycles. The summed E-state index contributed by atoms with van der Waals surface area (Å²) in [6.07, 6.45) is -5.36. The molecule has 0 radical (unpaired) electrons. The van der Waals surface area contributed by atoms with Crippen molar-refractivity contribution in [3.8, 4) is 0 Å². The van der Waals surface area contributed by atoms with Crippen LogP contribution in [-0.2, 0) is 5.92 Å². The number of pyridine rings is 1. The summed E-state index contributed by atoms with van der Waals surface area (Å²) >= 11 is 2.95. The number of hydrogen-bond acceptors (Lipinski definition) is 3. The van der Waals surface area contributed by atoms with Crippen LogP contribution in [0.3, 0.4) is 0 Å². The van der Waals surface area contributed by atoms with Crippen LogP contribution in [0.15, 0.2) is 16.7 Å². The Hall–Kier alpha value is -1.59. The van der Waals surface area contributed by atoms with Gasteiger partial charge in [0.05, 0.1) is 0 Å². The summed E-state index contributed by atoms with van der Waals surface area (Å²) in [4.78, 5) is 11.1. The molecule has 0 bridgehead atoms.